The van der Waals surface area contributed by atoms with Crippen molar-refractivity contribution in [3.63, 3.8) is 0 Å². The summed E-state index contributed by atoms with van der Waals surface area (Å²) in [7, 11) is 3.96. The van der Waals surface area contributed by atoms with E-state index in [1.54, 1.807) is 13.1 Å². The molecular formula is C24H33ClN4O2. The molecule has 1 unspecified atom stereocenters. The number of aromatic nitrogens is 2. The first-order valence-electron chi connectivity index (χ1n) is 11.4. The van der Waals surface area contributed by atoms with E-state index in [1.807, 2.05) is 12.1 Å². The number of nitrogens with zero attached hydrogens (tertiary/aromatic N) is 3. The van der Waals surface area contributed by atoms with Gasteiger partial charge in [-0.2, -0.15) is 0 Å². The molecule has 0 bridgehead atoms. The highest BCUT2D eigenvalue weighted by Gasteiger charge is 2.28. The van der Waals surface area contributed by atoms with Crippen molar-refractivity contribution in [2.24, 2.45) is 0 Å². The zero-order valence-electron chi connectivity index (χ0n) is 18.5. The molecule has 1 aromatic carbocycles. The normalized spacial score (nSPS) is 18.1. The van der Waals surface area contributed by atoms with E-state index >= 15 is 0 Å². The fourth-order valence-corrected chi connectivity index (χ4v) is 4.49. The molecule has 168 valence electrons. The van der Waals surface area contributed by atoms with E-state index in [0.29, 0.717) is 35.1 Å². The Bertz CT molecular complexity index is 884. The third-order valence-electron chi connectivity index (χ3n) is 6.22. The second-order valence-electron chi connectivity index (χ2n) is 8.85. The molecule has 0 aliphatic heterocycles. The summed E-state index contributed by atoms with van der Waals surface area (Å²) >= 11 is 6.39. The summed E-state index contributed by atoms with van der Waals surface area (Å²) in [5.74, 6) is 2.82. The fourth-order valence-electron chi connectivity index (χ4n) is 4.27. The summed E-state index contributed by atoms with van der Waals surface area (Å²) in [5, 5.41) is 13.4. The number of hydrogen-bond donors (Lipinski definition) is 2. The first-order chi connectivity index (χ1) is 15.0. The van der Waals surface area contributed by atoms with Crippen molar-refractivity contribution in [3.05, 3.63) is 35.0 Å². The van der Waals surface area contributed by atoms with Gasteiger partial charge >= 0.3 is 0 Å². The molecule has 2 aromatic rings. The molecular weight excluding hydrogens is 412 g/mol. The van der Waals surface area contributed by atoms with Gasteiger partial charge in [-0.05, 0) is 50.9 Å². The molecule has 1 heterocycles. The van der Waals surface area contributed by atoms with Crippen LogP contribution in [0.25, 0.3) is 11.4 Å². The fraction of sp³-hybridized carbons (Fsp3) is 0.583. The Labute approximate surface area is 190 Å². The van der Waals surface area contributed by atoms with Gasteiger partial charge < -0.3 is 20.1 Å². The number of hydrogen-bond acceptors (Lipinski definition) is 6. The zero-order chi connectivity index (χ0) is 21.8. The number of nitrogens with one attached hydrogen (secondary N) is 1. The summed E-state index contributed by atoms with van der Waals surface area (Å²) < 4.78 is 5.79. The van der Waals surface area contributed by atoms with Gasteiger partial charge in [-0.15, -0.1) is 0 Å². The van der Waals surface area contributed by atoms with Gasteiger partial charge in [-0.1, -0.05) is 30.9 Å². The third kappa shape index (κ3) is 5.88. The van der Waals surface area contributed by atoms with E-state index in [0.717, 1.165) is 17.1 Å². The van der Waals surface area contributed by atoms with E-state index in [2.05, 4.69) is 23.3 Å². The van der Waals surface area contributed by atoms with Gasteiger partial charge in [0.2, 0.25) is 0 Å². The predicted octanol–water partition coefficient (Wildman–Crippen LogP) is 4.40. The second-order valence-corrected chi connectivity index (χ2v) is 9.29. The summed E-state index contributed by atoms with van der Waals surface area (Å²) in [5.41, 5.74) is 1.96. The largest absolute Gasteiger partial charge is 0.491 e. The minimum Gasteiger partial charge on any atom is -0.491 e. The Balaban J connectivity index is 1.61. The van der Waals surface area contributed by atoms with Crippen LogP contribution in [-0.4, -0.2) is 54.5 Å². The SMILES string of the molecule is CNCC(O)COc1cc(Cl)cc(-c2nc(C3CC3)cc(N(C)C3CCCCC3)n2)c1. The van der Waals surface area contributed by atoms with E-state index in [9.17, 15) is 5.11 Å². The van der Waals surface area contributed by atoms with Crippen molar-refractivity contribution in [2.45, 2.75) is 63.0 Å². The van der Waals surface area contributed by atoms with Crippen LogP contribution < -0.4 is 15.0 Å². The number of halogens is 1. The molecule has 0 radical (unpaired) electrons. The lowest BCUT2D eigenvalue weighted by Crippen LogP contribution is -2.34. The van der Waals surface area contributed by atoms with Crippen molar-refractivity contribution >= 4 is 17.4 Å². The Morgan fingerprint density at radius 2 is 1.90 bits per heavy atom. The van der Waals surface area contributed by atoms with Crippen LogP contribution >= 0.6 is 11.6 Å². The van der Waals surface area contributed by atoms with Crippen molar-refractivity contribution in [2.75, 3.05) is 32.1 Å². The molecule has 7 heteroatoms. The maximum Gasteiger partial charge on any atom is 0.161 e. The first-order valence-corrected chi connectivity index (χ1v) is 11.8. The van der Waals surface area contributed by atoms with Crippen LogP contribution in [0.3, 0.4) is 0 Å². The molecule has 0 amide bonds. The highest BCUT2D eigenvalue weighted by molar-refractivity contribution is 6.31. The number of anilines is 1. The lowest BCUT2D eigenvalue weighted by atomic mass is 9.94. The van der Waals surface area contributed by atoms with E-state index in [4.69, 9.17) is 26.3 Å². The number of rotatable bonds is 9. The van der Waals surface area contributed by atoms with Gasteiger partial charge in [0.1, 0.15) is 24.3 Å². The van der Waals surface area contributed by atoms with Crippen LogP contribution in [0.5, 0.6) is 5.75 Å². The van der Waals surface area contributed by atoms with Crippen molar-refractivity contribution in [3.8, 4) is 17.1 Å². The molecule has 0 saturated heterocycles. The summed E-state index contributed by atoms with van der Waals surface area (Å²) in [6.07, 6.45) is 8.15. The van der Waals surface area contributed by atoms with E-state index in [-0.39, 0.29) is 6.61 Å². The minimum atomic E-state index is -0.586. The molecule has 2 N–H and O–H groups in total. The lowest BCUT2D eigenvalue weighted by Gasteiger charge is -2.32. The summed E-state index contributed by atoms with van der Waals surface area (Å²) in [4.78, 5) is 12.2. The van der Waals surface area contributed by atoms with Crippen molar-refractivity contribution < 1.29 is 9.84 Å². The summed E-state index contributed by atoms with van der Waals surface area (Å²) in [6, 6.07) is 8.27. The number of aliphatic hydroxyl groups excluding tert-OH is 1. The van der Waals surface area contributed by atoms with Gasteiger partial charge in [-0.25, -0.2) is 9.97 Å². The van der Waals surface area contributed by atoms with Gasteiger partial charge in [-0.3, -0.25) is 0 Å². The molecule has 2 fully saturated rings. The van der Waals surface area contributed by atoms with E-state index in [1.165, 1.54) is 44.9 Å². The average molecular weight is 445 g/mol. The topological polar surface area (TPSA) is 70.5 Å². The monoisotopic (exact) mass is 444 g/mol. The van der Waals surface area contributed by atoms with Crippen LogP contribution in [0.4, 0.5) is 5.82 Å². The van der Waals surface area contributed by atoms with Crippen LogP contribution in [0.15, 0.2) is 24.3 Å². The molecule has 6 nitrogen and oxygen atoms in total. The zero-order valence-corrected chi connectivity index (χ0v) is 19.2. The van der Waals surface area contributed by atoms with Crippen molar-refractivity contribution in [1.82, 2.24) is 15.3 Å². The maximum absolute atomic E-state index is 9.94. The molecule has 2 aliphatic rings. The molecule has 2 aliphatic carbocycles. The Morgan fingerprint density at radius 3 is 2.61 bits per heavy atom. The quantitative estimate of drug-likeness (QED) is 0.597. The van der Waals surface area contributed by atoms with Crippen LogP contribution in [0, 0.1) is 0 Å². The standard InChI is InChI=1S/C24H33ClN4O2/c1-26-14-20(30)15-31-21-11-17(10-18(25)12-21)24-27-22(16-8-9-16)13-23(28-24)29(2)19-6-4-3-5-7-19/h10-13,16,19-20,26,30H,3-9,14-15H2,1-2H3. The van der Waals surface area contributed by atoms with E-state index < -0.39 is 6.10 Å². The highest BCUT2D eigenvalue weighted by Crippen LogP contribution is 2.41. The van der Waals surface area contributed by atoms with Crippen LogP contribution in [0.2, 0.25) is 5.02 Å². The predicted molar refractivity (Wildman–Crippen MR) is 125 cm³/mol. The molecule has 31 heavy (non-hydrogen) atoms. The molecule has 0 spiro atoms. The van der Waals surface area contributed by atoms with Gasteiger partial charge in [0.05, 0.1) is 0 Å². The van der Waals surface area contributed by atoms with Gasteiger partial charge in [0.15, 0.2) is 5.82 Å². The Kier molecular flexibility index (Phi) is 7.31. The third-order valence-corrected chi connectivity index (χ3v) is 6.44. The average Bonchev–Trinajstić information content (AvgIpc) is 3.63. The Hall–Kier alpha value is -1.89. The molecule has 4 rings (SSSR count). The Morgan fingerprint density at radius 1 is 1.13 bits per heavy atom. The lowest BCUT2D eigenvalue weighted by molar-refractivity contribution is 0.108. The number of aliphatic hydroxyl groups is 1. The molecule has 1 aromatic heterocycles. The number of benzene rings is 1. The van der Waals surface area contributed by atoms with Crippen LogP contribution in [0.1, 0.15) is 56.6 Å². The summed E-state index contributed by atoms with van der Waals surface area (Å²) in [6.45, 7) is 0.663. The minimum absolute atomic E-state index is 0.194. The maximum atomic E-state index is 9.94. The van der Waals surface area contributed by atoms with Gasteiger partial charge in [0, 0.05) is 47.9 Å². The number of likely N-dealkylation sites (N-methyl/N-ethyl adjacent to an activating group) is 1. The van der Waals surface area contributed by atoms with Crippen LogP contribution in [-0.2, 0) is 0 Å². The van der Waals surface area contributed by atoms with Gasteiger partial charge in [0.25, 0.3) is 0 Å². The molecule has 1 atom stereocenters. The number of ether oxygens (including phenoxy) is 1. The smallest absolute Gasteiger partial charge is 0.161 e. The first kappa shape index (κ1) is 22.3. The molecule has 2 saturated carbocycles. The second kappa shape index (κ2) is 10.2. The van der Waals surface area contributed by atoms with Crippen molar-refractivity contribution in [1.29, 1.82) is 0 Å². The highest BCUT2D eigenvalue weighted by atomic mass is 35.5.